The largest absolute Gasteiger partial charge is 0.340 e. The van der Waals surface area contributed by atoms with Crippen molar-refractivity contribution < 1.29 is 14.7 Å². The van der Waals surface area contributed by atoms with Gasteiger partial charge in [-0.15, -0.1) is 0 Å². The molecule has 0 bridgehead atoms. The predicted molar refractivity (Wildman–Crippen MR) is 136 cm³/mol. The third-order valence-corrected chi connectivity index (χ3v) is 7.92. The van der Waals surface area contributed by atoms with E-state index in [1.54, 1.807) is 12.1 Å². The summed E-state index contributed by atoms with van der Waals surface area (Å²) in [6, 6.07) is 9.74. The third-order valence-electron chi connectivity index (χ3n) is 6.61. The molecule has 6 nitrogen and oxygen atoms in total. The first-order valence-corrected chi connectivity index (χ1v) is 13.2. The zero-order valence-corrected chi connectivity index (χ0v) is 22.4. The van der Waals surface area contributed by atoms with Gasteiger partial charge in [0.15, 0.2) is 0 Å². The number of pyridine rings is 2. The summed E-state index contributed by atoms with van der Waals surface area (Å²) in [4.78, 5) is 22.1. The topological polar surface area (TPSA) is 60.6 Å². The van der Waals surface area contributed by atoms with E-state index >= 15 is 0 Å². The van der Waals surface area contributed by atoms with Gasteiger partial charge in [-0.25, -0.2) is 0 Å². The maximum absolute atomic E-state index is 12.9. The van der Waals surface area contributed by atoms with Crippen LogP contribution in [0.25, 0.3) is 0 Å². The normalized spacial score (nSPS) is 18.2. The minimum Gasteiger partial charge on any atom is -0.340 e. The molecule has 1 fully saturated rings. The van der Waals surface area contributed by atoms with Crippen LogP contribution >= 0.6 is 43.5 Å². The van der Waals surface area contributed by atoms with E-state index in [0.717, 1.165) is 55.9 Å². The number of amides is 1. The summed E-state index contributed by atoms with van der Waals surface area (Å²) in [6.45, 7) is 2.84. The maximum Gasteiger partial charge on any atom is 0.227 e. The van der Waals surface area contributed by atoms with Crippen molar-refractivity contribution in [2.75, 3.05) is 26.2 Å². The molecule has 1 saturated heterocycles. The van der Waals surface area contributed by atoms with Gasteiger partial charge < -0.3 is 4.90 Å². The number of aryl methyl sites for hydroxylation is 2. The van der Waals surface area contributed by atoms with E-state index in [1.165, 1.54) is 29.1 Å². The summed E-state index contributed by atoms with van der Waals surface area (Å²) in [6.07, 6.45) is 7.08. The summed E-state index contributed by atoms with van der Waals surface area (Å²) >= 11 is 13.8. The molecule has 1 aliphatic carbocycles. The zero-order valence-electron chi connectivity index (χ0n) is 18.4. The van der Waals surface area contributed by atoms with Crippen molar-refractivity contribution in [3.8, 4) is 0 Å². The van der Waals surface area contributed by atoms with E-state index in [9.17, 15) is 10.0 Å². The second-order valence-corrected chi connectivity index (χ2v) is 10.9. The summed E-state index contributed by atoms with van der Waals surface area (Å²) in [5.41, 5.74) is 5.66. The Morgan fingerprint density at radius 2 is 1.79 bits per heavy atom. The summed E-state index contributed by atoms with van der Waals surface area (Å²) in [5.74, 6) is 0.104. The molecule has 3 aromatic rings. The van der Waals surface area contributed by atoms with Crippen LogP contribution in [0.5, 0.6) is 0 Å². The number of hydrogen-bond acceptors (Lipinski definition) is 4. The average molecular weight is 608 g/mol. The number of halogens is 3. The minimum atomic E-state index is -0.00128. The molecule has 3 heterocycles. The Morgan fingerprint density at radius 1 is 1.09 bits per heavy atom. The molecule has 2 aromatic heterocycles. The highest BCUT2D eigenvalue weighted by atomic mass is 79.9. The maximum atomic E-state index is 12.9. The van der Waals surface area contributed by atoms with Crippen LogP contribution in [0.15, 0.2) is 57.9 Å². The van der Waals surface area contributed by atoms with Crippen molar-refractivity contribution in [2.24, 2.45) is 0 Å². The number of nitrogens with zero attached hydrogens (tertiary/aromatic N) is 4. The van der Waals surface area contributed by atoms with Gasteiger partial charge in [-0.1, -0.05) is 27.5 Å². The Kier molecular flexibility index (Phi) is 6.93. The molecule has 1 aliphatic heterocycles. The van der Waals surface area contributed by atoms with Crippen LogP contribution in [0.4, 0.5) is 0 Å². The third kappa shape index (κ3) is 4.87. The van der Waals surface area contributed by atoms with Crippen molar-refractivity contribution >= 4 is 49.4 Å². The minimum absolute atomic E-state index is 0.00128. The van der Waals surface area contributed by atoms with Crippen molar-refractivity contribution in [1.29, 1.82) is 0 Å². The average Bonchev–Trinajstić information content (AvgIpc) is 2.97. The van der Waals surface area contributed by atoms with Gasteiger partial charge in [0.1, 0.15) is 0 Å². The molecule has 0 saturated carbocycles. The fraction of sp³-hybridized carbons (Fsp3) is 0.320. The number of piperazine rings is 1. The van der Waals surface area contributed by atoms with Crippen LogP contribution in [-0.2, 0) is 24.1 Å². The molecule has 1 atom stereocenters. The molecule has 0 unspecified atom stereocenters. The smallest absolute Gasteiger partial charge is 0.227 e. The molecule has 0 spiro atoms. The number of aromatic nitrogens is 2. The lowest BCUT2D eigenvalue weighted by molar-refractivity contribution is -0.904. The Labute approximate surface area is 220 Å². The first-order valence-electron chi connectivity index (χ1n) is 11.2. The van der Waals surface area contributed by atoms with Gasteiger partial charge in [-0.2, -0.15) is 0 Å². The van der Waals surface area contributed by atoms with Crippen molar-refractivity contribution in [1.82, 2.24) is 14.8 Å². The molecule has 1 aromatic carbocycles. The SMILES string of the molecule is O=C(Cc1cc[n+](O)cc1)N1CCN([C@H]2c3ncc(Br)cc3CCc3cc(Cl)cc(Br)c32)CC1. The van der Waals surface area contributed by atoms with E-state index in [0.29, 0.717) is 19.5 Å². The summed E-state index contributed by atoms with van der Waals surface area (Å²) in [5, 5.41) is 10.1. The van der Waals surface area contributed by atoms with E-state index < -0.39 is 0 Å². The van der Waals surface area contributed by atoms with Gasteiger partial charge in [0, 0.05) is 63.2 Å². The van der Waals surface area contributed by atoms with Crippen molar-refractivity contribution in [2.45, 2.75) is 25.3 Å². The summed E-state index contributed by atoms with van der Waals surface area (Å²) in [7, 11) is 0. The fourth-order valence-corrected chi connectivity index (χ4v) is 6.40. The molecule has 9 heteroatoms. The molecular weight excluding hydrogens is 584 g/mol. The number of carbonyl (C=O) groups excluding carboxylic acids is 1. The lowest BCUT2D eigenvalue weighted by Gasteiger charge is -2.40. The second-order valence-electron chi connectivity index (χ2n) is 8.74. The van der Waals surface area contributed by atoms with Crippen LogP contribution in [0, 0.1) is 0 Å². The fourth-order valence-electron chi connectivity index (χ4n) is 4.93. The number of fused-ring (bicyclic) bond motifs is 2. The monoisotopic (exact) mass is 605 g/mol. The van der Waals surface area contributed by atoms with E-state index in [-0.39, 0.29) is 11.9 Å². The van der Waals surface area contributed by atoms with E-state index in [4.69, 9.17) is 16.6 Å². The van der Waals surface area contributed by atoms with Crippen molar-refractivity contribution in [3.63, 3.8) is 0 Å². The lowest BCUT2D eigenvalue weighted by atomic mass is 9.96. The van der Waals surface area contributed by atoms with Crippen LogP contribution in [-0.4, -0.2) is 52.1 Å². The van der Waals surface area contributed by atoms with Gasteiger partial charge in [-0.3, -0.25) is 19.9 Å². The second kappa shape index (κ2) is 9.93. The van der Waals surface area contributed by atoms with Crippen LogP contribution in [0.2, 0.25) is 5.02 Å². The first kappa shape index (κ1) is 23.7. The number of hydrogen-bond donors (Lipinski definition) is 1. The van der Waals surface area contributed by atoms with E-state index in [1.807, 2.05) is 17.2 Å². The van der Waals surface area contributed by atoms with Gasteiger partial charge in [0.2, 0.25) is 18.3 Å². The molecule has 1 amide bonds. The van der Waals surface area contributed by atoms with Crippen molar-refractivity contribution in [3.05, 3.63) is 90.8 Å². The highest BCUT2D eigenvalue weighted by Crippen LogP contribution is 2.41. The zero-order chi connectivity index (χ0) is 23.8. The van der Waals surface area contributed by atoms with Gasteiger partial charge >= 0.3 is 0 Å². The Bertz CT molecular complexity index is 1230. The molecule has 0 radical (unpaired) electrons. The lowest BCUT2D eigenvalue weighted by Crippen LogP contribution is -2.50. The molecule has 2 aliphatic rings. The van der Waals surface area contributed by atoms with Gasteiger partial charge in [0.25, 0.3) is 0 Å². The van der Waals surface area contributed by atoms with E-state index in [2.05, 4.69) is 48.9 Å². The van der Waals surface area contributed by atoms with Crippen LogP contribution in [0.3, 0.4) is 0 Å². The number of rotatable bonds is 3. The predicted octanol–water partition coefficient (Wildman–Crippen LogP) is 4.36. The molecule has 1 N–H and O–H groups in total. The highest BCUT2D eigenvalue weighted by molar-refractivity contribution is 9.10. The standard InChI is InChI=1S/C25H24Br2ClN4O2/c26-19-12-18-2-1-17-13-20(28)14-21(27)23(17)25(24(18)29-15-19)31-9-7-30(8-10-31)22(33)11-16-3-5-32(34)6-4-16/h3-6,12-15,25,34H,1-2,7-11H2/q+1/t25-/m1/s1. The highest BCUT2D eigenvalue weighted by Gasteiger charge is 2.34. The van der Waals surface area contributed by atoms with Gasteiger partial charge in [-0.05, 0) is 69.2 Å². The molecule has 176 valence electrons. The van der Waals surface area contributed by atoms with Crippen LogP contribution < -0.4 is 4.73 Å². The number of carbonyl (C=O) groups is 1. The molecular formula is C25H24Br2ClN4O2+. The molecule has 34 heavy (non-hydrogen) atoms. The first-order chi connectivity index (χ1) is 16.4. The quantitative estimate of drug-likeness (QED) is 0.355. The van der Waals surface area contributed by atoms with Crippen LogP contribution in [0.1, 0.15) is 34.0 Å². The Hall–Kier alpha value is -2.00. The Balaban J connectivity index is 1.40. The number of benzene rings is 1. The molecule has 5 rings (SSSR count). The van der Waals surface area contributed by atoms with Gasteiger partial charge in [0.05, 0.1) is 18.2 Å². The Morgan fingerprint density at radius 3 is 2.53 bits per heavy atom. The summed E-state index contributed by atoms with van der Waals surface area (Å²) < 4.78 is 2.96.